The third-order valence-electron chi connectivity index (χ3n) is 3.90. The standard InChI is InChI=1S/C14H15NO5/c1-14(13(17)18)4-5-15(7-14)12(16)9-2-3-10-11(6-9)20-8-19-10/h2-3,6H,4-5,7-8H2,1H3,(H,17,18). The van der Waals surface area contributed by atoms with Crippen molar-refractivity contribution in [3.63, 3.8) is 0 Å². The van der Waals surface area contributed by atoms with Crippen LogP contribution in [0.3, 0.4) is 0 Å². The predicted octanol–water partition coefficient (Wildman–Crippen LogP) is 1.35. The zero-order chi connectivity index (χ0) is 14.3. The molecule has 1 fully saturated rings. The van der Waals surface area contributed by atoms with E-state index in [9.17, 15) is 14.7 Å². The molecule has 1 aromatic rings. The van der Waals surface area contributed by atoms with Gasteiger partial charge < -0.3 is 19.5 Å². The third kappa shape index (κ3) is 1.97. The highest BCUT2D eigenvalue weighted by Gasteiger charge is 2.42. The van der Waals surface area contributed by atoms with E-state index in [1.54, 1.807) is 30.0 Å². The van der Waals surface area contributed by atoms with Gasteiger partial charge in [0.25, 0.3) is 5.91 Å². The number of carbonyl (C=O) groups excluding carboxylic acids is 1. The van der Waals surface area contributed by atoms with Crippen molar-refractivity contribution >= 4 is 11.9 Å². The summed E-state index contributed by atoms with van der Waals surface area (Å²) in [7, 11) is 0. The minimum Gasteiger partial charge on any atom is -0.481 e. The van der Waals surface area contributed by atoms with Crippen LogP contribution in [0.4, 0.5) is 0 Å². The number of rotatable bonds is 2. The van der Waals surface area contributed by atoms with Gasteiger partial charge in [0.05, 0.1) is 5.41 Å². The molecule has 1 N–H and O–H groups in total. The van der Waals surface area contributed by atoms with E-state index in [-0.39, 0.29) is 19.2 Å². The second kappa shape index (κ2) is 4.40. The van der Waals surface area contributed by atoms with E-state index < -0.39 is 11.4 Å². The normalized spacial score (nSPS) is 23.9. The topological polar surface area (TPSA) is 76.1 Å². The first-order valence-electron chi connectivity index (χ1n) is 6.42. The van der Waals surface area contributed by atoms with Crippen molar-refractivity contribution in [3.05, 3.63) is 23.8 Å². The Hall–Kier alpha value is -2.24. The van der Waals surface area contributed by atoms with Gasteiger partial charge in [0.15, 0.2) is 11.5 Å². The molecule has 3 rings (SSSR count). The SMILES string of the molecule is CC1(C(=O)O)CCN(C(=O)c2ccc3c(c2)OCO3)C1. The van der Waals surface area contributed by atoms with E-state index in [0.29, 0.717) is 30.0 Å². The highest BCUT2D eigenvalue weighted by Crippen LogP contribution is 2.35. The Kier molecular flexibility index (Phi) is 2.81. The number of carbonyl (C=O) groups is 2. The number of nitrogens with zero attached hydrogens (tertiary/aromatic N) is 1. The van der Waals surface area contributed by atoms with Crippen molar-refractivity contribution in [1.29, 1.82) is 0 Å². The van der Waals surface area contributed by atoms with E-state index >= 15 is 0 Å². The van der Waals surface area contributed by atoms with Gasteiger partial charge in [0, 0.05) is 18.7 Å². The molecule has 6 nitrogen and oxygen atoms in total. The number of likely N-dealkylation sites (tertiary alicyclic amines) is 1. The molecule has 1 unspecified atom stereocenters. The van der Waals surface area contributed by atoms with Crippen molar-refractivity contribution < 1.29 is 24.2 Å². The number of benzene rings is 1. The highest BCUT2D eigenvalue weighted by molar-refractivity contribution is 5.95. The van der Waals surface area contributed by atoms with E-state index in [1.807, 2.05) is 0 Å². The summed E-state index contributed by atoms with van der Waals surface area (Å²) in [6.07, 6.45) is 0.471. The summed E-state index contributed by atoms with van der Waals surface area (Å²) in [5, 5.41) is 9.19. The summed E-state index contributed by atoms with van der Waals surface area (Å²) in [5.74, 6) is 0.140. The number of hydrogen-bond acceptors (Lipinski definition) is 4. The van der Waals surface area contributed by atoms with Gasteiger partial charge >= 0.3 is 5.97 Å². The van der Waals surface area contributed by atoms with Crippen LogP contribution in [0.25, 0.3) is 0 Å². The molecular weight excluding hydrogens is 262 g/mol. The van der Waals surface area contributed by atoms with Crippen LogP contribution < -0.4 is 9.47 Å². The van der Waals surface area contributed by atoms with E-state index in [1.165, 1.54) is 0 Å². The molecule has 20 heavy (non-hydrogen) atoms. The number of carboxylic acids is 1. The molecule has 0 saturated carbocycles. The summed E-state index contributed by atoms with van der Waals surface area (Å²) < 4.78 is 10.4. The molecule has 0 aliphatic carbocycles. The molecule has 0 spiro atoms. The average molecular weight is 277 g/mol. The Morgan fingerprint density at radius 2 is 2.05 bits per heavy atom. The van der Waals surface area contributed by atoms with Crippen LogP contribution in [0, 0.1) is 5.41 Å². The molecule has 1 aromatic carbocycles. The summed E-state index contributed by atoms with van der Waals surface area (Å²) in [6.45, 7) is 2.52. The lowest BCUT2D eigenvalue weighted by atomic mass is 9.90. The fraction of sp³-hybridized carbons (Fsp3) is 0.429. The quantitative estimate of drug-likeness (QED) is 0.883. The summed E-state index contributed by atoms with van der Waals surface area (Å²) in [6, 6.07) is 5.01. The number of aliphatic carboxylic acids is 1. The Morgan fingerprint density at radius 1 is 1.30 bits per heavy atom. The fourth-order valence-corrected chi connectivity index (χ4v) is 2.52. The summed E-state index contributed by atoms with van der Waals surface area (Å²) in [4.78, 5) is 25.2. The van der Waals surface area contributed by atoms with Gasteiger partial charge in [-0.05, 0) is 31.5 Å². The molecule has 106 valence electrons. The third-order valence-corrected chi connectivity index (χ3v) is 3.90. The molecule has 2 aliphatic rings. The lowest BCUT2D eigenvalue weighted by Gasteiger charge is -2.20. The van der Waals surface area contributed by atoms with Crippen LogP contribution in [-0.2, 0) is 4.79 Å². The minimum atomic E-state index is -0.863. The first kappa shape index (κ1) is 12.8. The molecule has 0 bridgehead atoms. The van der Waals surface area contributed by atoms with Crippen LogP contribution >= 0.6 is 0 Å². The van der Waals surface area contributed by atoms with E-state index in [0.717, 1.165) is 0 Å². The summed E-state index contributed by atoms with van der Waals surface area (Å²) >= 11 is 0. The zero-order valence-corrected chi connectivity index (χ0v) is 11.1. The minimum absolute atomic E-state index is 0.160. The molecule has 0 aromatic heterocycles. The molecule has 6 heteroatoms. The van der Waals surface area contributed by atoms with Gasteiger partial charge in [-0.15, -0.1) is 0 Å². The molecule has 1 amide bonds. The maximum Gasteiger partial charge on any atom is 0.311 e. The maximum atomic E-state index is 12.4. The van der Waals surface area contributed by atoms with Gasteiger partial charge in [-0.3, -0.25) is 9.59 Å². The molecule has 1 atom stereocenters. The van der Waals surface area contributed by atoms with Crippen LogP contribution in [-0.4, -0.2) is 41.8 Å². The second-order valence-corrected chi connectivity index (χ2v) is 5.41. The summed E-state index contributed by atoms with van der Waals surface area (Å²) in [5.41, 5.74) is -0.365. The van der Waals surface area contributed by atoms with Crippen LogP contribution in [0.15, 0.2) is 18.2 Å². The maximum absolute atomic E-state index is 12.4. The number of hydrogen-bond donors (Lipinski definition) is 1. The van der Waals surface area contributed by atoms with Crippen LogP contribution in [0.2, 0.25) is 0 Å². The lowest BCUT2D eigenvalue weighted by Crippen LogP contribution is -2.34. The Morgan fingerprint density at radius 3 is 2.75 bits per heavy atom. The Bertz CT molecular complexity index is 585. The lowest BCUT2D eigenvalue weighted by molar-refractivity contribution is -0.147. The smallest absolute Gasteiger partial charge is 0.311 e. The largest absolute Gasteiger partial charge is 0.481 e. The molecule has 0 radical (unpaired) electrons. The first-order chi connectivity index (χ1) is 9.49. The number of ether oxygens (including phenoxy) is 2. The van der Waals surface area contributed by atoms with Crippen molar-refractivity contribution in [2.45, 2.75) is 13.3 Å². The zero-order valence-electron chi connectivity index (χ0n) is 11.1. The van der Waals surface area contributed by atoms with Crippen molar-refractivity contribution in [3.8, 4) is 11.5 Å². The highest BCUT2D eigenvalue weighted by atomic mass is 16.7. The van der Waals surface area contributed by atoms with Gasteiger partial charge in [-0.1, -0.05) is 0 Å². The fourth-order valence-electron chi connectivity index (χ4n) is 2.52. The van der Waals surface area contributed by atoms with Gasteiger partial charge in [-0.2, -0.15) is 0 Å². The Balaban J connectivity index is 1.79. The van der Waals surface area contributed by atoms with Gasteiger partial charge in [-0.25, -0.2) is 0 Å². The molecular formula is C14H15NO5. The van der Waals surface area contributed by atoms with Crippen LogP contribution in [0.1, 0.15) is 23.7 Å². The van der Waals surface area contributed by atoms with Gasteiger partial charge in [0.2, 0.25) is 6.79 Å². The number of amides is 1. The predicted molar refractivity (Wildman–Crippen MR) is 68.8 cm³/mol. The Labute approximate surface area is 115 Å². The van der Waals surface area contributed by atoms with E-state index in [4.69, 9.17) is 9.47 Å². The number of fused-ring (bicyclic) bond motifs is 1. The second-order valence-electron chi connectivity index (χ2n) is 5.41. The monoisotopic (exact) mass is 277 g/mol. The van der Waals surface area contributed by atoms with Crippen molar-refractivity contribution in [1.82, 2.24) is 4.90 Å². The van der Waals surface area contributed by atoms with Crippen LogP contribution in [0.5, 0.6) is 11.5 Å². The first-order valence-corrected chi connectivity index (χ1v) is 6.42. The molecule has 2 aliphatic heterocycles. The average Bonchev–Trinajstić information content (AvgIpc) is 3.04. The van der Waals surface area contributed by atoms with Gasteiger partial charge in [0.1, 0.15) is 0 Å². The van der Waals surface area contributed by atoms with Crippen molar-refractivity contribution in [2.24, 2.45) is 5.41 Å². The molecule has 1 saturated heterocycles. The van der Waals surface area contributed by atoms with Crippen molar-refractivity contribution in [2.75, 3.05) is 19.9 Å². The van der Waals surface area contributed by atoms with E-state index in [2.05, 4.69) is 0 Å². The molecule has 2 heterocycles. The number of carboxylic acid groups (broad SMARTS) is 1.